The molecule has 2 saturated heterocycles. The molecule has 5 atom stereocenters. The topological polar surface area (TPSA) is 60.9 Å². The van der Waals surface area contributed by atoms with Gasteiger partial charge in [-0.25, -0.2) is 0 Å². The fourth-order valence-electron chi connectivity index (χ4n) is 4.36. The fraction of sp³-hybridized carbons (Fsp3) is 0.625. The van der Waals surface area contributed by atoms with E-state index in [1.54, 1.807) is 7.05 Å². The maximum Gasteiger partial charge on any atom is 0.234 e. The highest BCUT2D eigenvalue weighted by molar-refractivity contribution is 6.06. The highest BCUT2D eigenvalue weighted by Crippen LogP contribution is 2.51. The SMILES string of the molecule is C=CC1C2C(CCCO)=CC(C3C(=O)N(C)C(=O)C32)N1C. The monoisotopic (exact) mass is 290 g/mol. The number of amides is 2. The maximum absolute atomic E-state index is 12.5. The van der Waals surface area contributed by atoms with Crippen molar-refractivity contribution in [3.05, 3.63) is 24.3 Å². The van der Waals surface area contributed by atoms with E-state index in [0.717, 1.165) is 6.42 Å². The van der Waals surface area contributed by atoms with Crippen LogP contribution in [0.2, 0.25) is 0 Å². The van der Waals surface area contributed by atoms with E-state index in [1.165, 1.54) is 10.5 Å². The van der Waals surface area contributed by atoms with Crippen molar-refractivity contribution in [2.45, 2.75) is 24.9 Å². The van der Waals surface area contributed by atoms with Crippen molar-refractivity contribution >= 4 is 11.8 Å². The lowest BCUT2D eigenvalue weighted by Crippen LogP contribution is -2.60. The molecule has 0 saturated carbocycles. The summed E-state index contributed by atoms with van der Waals surface area (Å²) in [5.41, 5.74) is 1.20. The van der Waals surface area contributed by atoms with Crippen molar-refractivity contribution in [3.8, 4) is 0 Å². The molecule has 3 aliphatic heterocycles. The third kappa shape index (κ3) is 1.84. The molecule has 0 spiro atoms. The summed E-state index contributed by atoms with van der Waals surface area (Å²) in [6.45, 7) is 4.06. The van der Waals surface area contributed by atoms with Crippen molar-refractivity contribution in [1.82, 2.24) is 9.80 Å². The van der Waals surface area contributed by atoms with Gasteiger partial charge in [-0.3, -0.25) is 19.4 Å². The zero-order valence-electron chi connectivity index (χ0n) is 12.5. The van der Waals surface area contributed by atoms with E-state index in [2.05, 4.69) is 17.6 Å². The number of carbonyl (C=O) groups excluding carboxylic acids is 2. The molecule has 21 heavy (non-hydrogen) atoms. The van der Waals surface area contributed by atoms with E-state index in [4.69, 9.17) is 5.11 Å². The van der Waals surface area contributed by atoms with Crippen LogP contribution in [0.25, 0.3) is 0 Å². The Morgan fingerprint density at radius 3 is 2.52 bits per heavy atom. The van der Waals surface area contributed by atoms with E-state index >= 15 is 0 Å². The molecular formula is C16H22N2O3. The highest BCUT2D eigenvalue weighted by Gasteiger charge is 2.61. The molecule has 0 radical (unpaired) electrons. The van der Waals surface area contributed by atoms with E-state index in [-0.39, 0.29) is 48.3 Å². The summed E-state index contributed by atoms with van der Waals surface area (Å²) in [6, 6.07) is 0.0382. The second-order valence-electron chi connectivity index (χ2n) is 6.26. The Balaban J connectivity index is 2.04. The van der Waals surface area contributed by atoms with E-state index in [1.807, 2.05) is 13.1 Å². The van der Waals surface area contributed by atoms with E-state index < -0.39 is 0 Å². The molecule has 4 rings (SSSR count). The number of hydrogen-bond acceptors (Lipinski definition) is 4. The van der Waals surface area contributed by atoms with Gasteiger partial charge in [0.1, 0.15) is 0 Å². The molecule has 5 nitrogen and oxygen atoms in total. The lowest BCUT2D eigenvalue weighted by Gasteiger charge is -2.52. The number of likely N-dealkylation sites (tertiary alicyclic amines) is 1. The van der Waals surface area contributed by atoms with Gasteiger partial charge in [0.2, 0.25) is 11.8 Å². The van der Waals surface area contributed by atoms with Crippen LogP contribution in [0.3, 0.4) is 0 Å². The Kier molecular flexibility index (Phi) is 3.50. The summed E-state index contributed by atoms with van der Waals surface area (Å²) < 4.78 is 0. The van der Waals surface area contributed by atoms with Gasteiger partial charge in [-0.1, -0.05) is 17.7 Å². The zero-order chi connectivity index (χ0) is 15.3. The lowest BCUT2D eigenvalue weighted by molar-refractivity contribution is -0.138. The minimum absolute atomic E-state index is 0.00968. The molecule has 2 amide bonds. The van der Waals surface area contributed by atoms with Crippen LogP contribution in [0, 0.1) is 17.8 Å². The average molecular weight is 290 g/mol. The minimum atomic E-state index is -0.259. The Labute approximate surface area is 124 Å². The molecule has 1 aliphatic carbocycles. The maximum atomic E-state index is 12.5. The average Bonchev–Trinajstić information content (AvgIpc) is 2.71. The van der Waals surface area contributed by atoms with Crippen LogP contribution in [0.15, 0.2) is 24.3 Å². The van der Waals surface area contributed by atoms with Crippen LogP contribution in [0.5, 0.6) is 0 Å². The van der Waals surface area contributed by atoms with Crippen LogP contribution < -0.4 is 0 Å². The van der Waals surface area contributed by atoms with Crippen LogP contribution in [0.1, 0.15) is 12.8 Å². The van der Waals surface area contributed by atoms with Gasteiger partial charge in [0, 0.05) is 31.7 Å². The summed E-state index contributed by atoms with van der Waals surface area (Å²) in [5.74, 6) is -0.631. The van der Waals surface area contributed by atoms with Gasteiger partial charge in [0.25, 0.3) is 0 Å². The van der Waals surface area contributed by atoms with Crippen LogP contribution in [0.4, 0.5) is 0 Å². The van der Waals surface area contributed by atoms with Crippen molar-refractivity contribution in [2.24, 2.45) is 17.8 Å². The molecule has 0 aromatic heterocycles. The van der Waals surface area contributed by atoms with Gasteiger partial charge in [-0.15, -0.1) is 6.58 Å². The first-order valence-corrected chi connectivity index (χ1v) is 7.50. The first-order valence-electron chi connectivity index (χ1n) is 7.50. The number of aliphatic hydroxyl groups is 1. The molecule has 1 N–H and O–H groups in total. The van der Waals surface area contributed by atoms with Crippen molar-refractivity contribution in [1.29, 1.82) is 0 Å². The Morgan fingerprint density at radius 2 is 1.90 bits per heavy atom. The van der Waals surface area contributed by atoms with Crippen molar-refractivity contribution in [3.63, 3.8) is 0 Å². The molecule has 0 aromatic carbocycles. The van der Waals surface area contributed by atoms with Gasteiger partial charge < -0.3 is 5.11 Å². The molecule has 5 heteroatoms. The Bertz CT molecular complexity index is 528. The van der Waals surface area contributed by atoms with Gasteiger partial charge >= 0.3 is 0 Å². The highest BCUT2D eigenvalue weighted by atomic mass is 16.3. The third-order valence-corrected chi connectivity index (χ3v) is 5.36. The molecule has 0 aromatic rings. The number of rotatable bonds is 4. The molecular weight excluding hydrogens is 268 g/mol. The van der Waals surface area contributed by atoms with E-state index in [9.17, 15) is 9.59 Å². The molecule has 2 fully saturated rings. The Hall–Kier alpha value is -1.46. The van der Waals surface area contributed by atoms with Crippen LogP contribution >= 0.6 is 0 Å². The van der Waals surface area contributed by atoms with Crippen LogP contribution in [-0.4, -0.2) is 59.5 Å². The second kappa shape index (κ2) is 5.07. The van der Waals surface area contributed by atoms with Gasteiger partial charge in [0.05, 0.1) is 11.8 Å². The third-order valence-electron chi connectivity index (χ3n) is 5.36. The van der Waals surface area contributed by atoms with Gasteiger partial charge in [-0.2, -0.15) is 0 Å². The number of aliphatic hydroxyl groups excluding tert-OH is 1. The van der Waals surface area contributed by atoms with E-state index in [0.29, 0.717) is 6.42 Å². The standard InChI is InChI=1S/C16H22N2O3/c1-4-10-12-9(6-5-7-19)8-11(17(10)2)13-14(12)16(21)18(3)15(13)20/h4,8,10-14,19H,1,5-7H2,2-3H3. The largest absolute Gasteiger partial charge is 0.396 e. The lowest BCUT2D eigenvalue weighted by atomic mass is 9.62. The number of imide groups is 1. The number of carbonyl (C=O) groups is 2. The molecule has 3 heterocycles. The first-order chi connectivity index (χ1) is 10.0. The number of likely N-dealkylation sites (N-methyl/N-ethyl adjacent to an activating group) is 1. The van der Waals surface area contributed by atoms with Crippen LogP contribution in [-0.2, 0) is 9.59 Å². The normalized spacial score (nSPS) is 38.7. The van der Waals surface area contributed by atoms with Crippen molar-refractivity contribution in [2.75, 3.05) is 20.7 Å². The molecule has 114 valence electrons. The minimum Gasteiger partial charge on any atom is -0.396 e. The number of hydrogen-bond donors (Lipinski definition) is 1. The number of piperidine rings is 1. The number of fused-ring (bicyclic) bond motifs is 1. The fourth-order valence-corrected chi connectivity index (χ4v) is 4.36. The van der Waals surface area contributed by atoms with Gasteiger partial charge in [0.15, 0.2) is 0 Å². The molecule has 5 unspecified atom stereocenters. The summed E-state index contributed by atoms with van der Waals surface area (Å²) in [7, 11) is 3.58. The summed E-state index contributed by atoms with van der Waals surface area (Å²) in [4.78, 5) is 28.3. The Morgan fingerprint density at radius 1 is 1.24 bits per heavy atom. The smallest absolute Gasteiger partial charge is 0.234 e. The number of nitrogens with zero attached hydrogens (tertiary/aromatic N) is 2. The predicted octanol–water partition coefficient (Wildman–Crippen LogP) is 0.415. The molecule has 2 bridgehead atoms. The second-order valence-corrected chi connectivity index (χ2v) is 6.26. The van der Waals surface area contributed by atoms with Crippen molar-refractivity contribution < 1.29 is 14.7 Å². The predicted molar refractivity (Wildman–Crippen MR) is 78.2 cm³/mol. The molecule has 4 aliphatic rings. The summed E-state index contributed by atoms with van der Waals surface area (Å²) >= 11 is 0. The summed E-state index contributed by atoms with van der Waals surface area (Å²) in [5, 5.41) is 9.08. The quantitative estimate of drug-likeness (QED) is 0.602. The first kappa shape index (κ1) is 14.5. The zero-order valence-corrected chi connectivity index (χ0v) is 12.5. The summed E-state index contributed by atoms with van der Waals surface area (Å²) in [6.07, 6.45) is 5.50. The van der Waals surface area contributed by atoms with Gasteiger partial charge in [-0.05, 0) is 19.9 Å².